The second kappa shape index (κ2) is 7.53. The van der Waals surface area contributed by atoms with Gasteiger partial charge in [0.1, 0.15) is 0 Å². The normalized spacial score (nSPS) is 12.8. The summed E-state index contributed by atoms with van der Waals surface area (Å²) < 4.78 is 28.4. The van der Waals surface area contributed by atoms with Gasteiger partial charge in [-0.2, -0.15) is 0 Å². The molecule has 162 valence electrons. The molecule has 0 aromatic heterocycles. The maximum Gasteiger partial charge on any atom is 0.270 e. The standard InChI is InChI=1S/C21H14BrN3O6S/c1-10-2-5-12(6-3-10)32(30,31)24-16-9-15(22)19(23)18-17(16)20(26)13-7-4-11(25(28)29)8-14(13)21(18)27/h2-9,24H,23H2,1H3. The van der Waals surface area contributed by atoms with Crippen LogP contribution < -0.4 is 10.5 Å². The number of sulfonamides is 1. The van der Waals surface area contributed by atoms with Crippen molar-refractivity contribution in [2.75, 3.05) is 10.5 Å². The van der Waals surface area contributed by atoms with E-state index in [0.717, 1.165) is 17.7 Å². The number of benzene rings is 3. The maximum absolute atomic E-state index is 13.3. The summed E-state index contributed by atoms with van der Waals surface area (Å²) in [7, 11) is -4.09. The van der Waals surface area contributed by atoms with E-state index in [9.17, 15) is 28.1 Å². The van der Waals surface area contributed by atoms with E-state index in [-0.39, 0.29) is 48.7 Å². The molecule has 3 aromatic carbocycles. The van der Waals surface area contributed by atoms with E-state index in [1.54, 1.807) is 12.1 Å². The number of non-ortho nitro benzene ring substituents is 1. The summed E-state index contributed by atoms with van der Waals surface area (Å²) in [5.74, 6) is -1.39. The molecular formula is C21H14BrN3O6S. The van der Waals surface area contributed by atoms with Gasteiger partial charge < -0.3 is 5.73 Å². The number of nitrogens with one attached hydrogen (secondary N) is 1. The first kappa shape index (κ1) is 21.7. The lowest BCUT2D eigenvalue weighted by molar-refractivity contribution is -0.384. The van der Waals surface area contributed by atoms with Crippen LogP contribution in [0.4, 0.5) is 17.1 Å². The van der Waals surface area contributed by atoms with Crippen molar-refractivity contribution >= 4 is 54.6 Å². The number of nitro groups is 1. The highest BCUT2D eigenvalue weighted by Crippen LogP contribution is 2.40. The number of nitro benzene ring substituents is 1. The van der Waals surface area contributed by atoms with E-state index in [1.165, 1.54) is 24.3 Å². The lowest BCUT2D eigenvalue weighted by Crippen LogP contribution is -2.25. The highest BCUT2D eigenvalue weighted by atomic mass is 79.9. The molecule has 11 heteroatoms. The van der Waals surface area contributed by atoms with Crippen molar-refractivity contribution in [3.63, 3.8) is 0 Å². The number of hydrogen-bond donors (Lipinski definition) is 2. The molecule has 9 nitrogen and oxygen atoms in total. The number of anilines is 2. The first-order valence-electron chi connectivity index (χ1n) is 9.10. The van der Waals surface area contributed by atoms with Crippen molar-refractivity contribution in [1.29, 1.82) is 0 Å². The number of hydrogen-bond acceptors (Lipinski definition) is 7. The van der Waals surface area contributed by atoms with E-state index < -0.39 is 26.5 Å². The number of nitrogens with two attached hydrogens (primary N) is 1. The van der Waals surface area contributed by atoms with Crippen LogP contribution in [-0.4, -0.2) is 24.9 Å². The van der Waals surface area contributed by atoms with Crippen LogP contribution in [0.5, 0.6) is 0 Å². The fourth-order valence-corrected chi connectivity index (χ4v) is 4.93. The van der Waals surface area contributed by atoms with Crippen molar-refractivity contribution in [3.05, 3.63) is 90.9 Å². The van der Waals surface area contributed by atoms with E-state index in [0.29, 0.717) is 0 Å². The van der Waals surface area contributed by atoms with Crippen molar-refractivity contribution in [2.24, 2.45) is 0 Å². The fraction of sp³-hybridized carbons (Fsp3) is 0.0476. The van der Waals surface area contributed by atoms with Crippen LogP contribution in [0.15, 0.2) is 57.9 Å². The van der Waals surface area contributed by atoms with Crippen LogP contribution in [0.3, 0.4) is 0 Å². The van der Waals surface area contributed by atoms with Crippen LogP contribution in [0, 0.1) is 17.0 Å². The minimum atomic E-state index is -4.09. The largest absolute Gasteiger partial charge is 0.397 e. The van der Waals surface area contributed by atoms with Gasteiger partial charge in [0.05, 0.1) is 32.3 Å². The second-order valence-corrected chi connectivity index (χ2v) is 9.67. The number of fused-ring (bicyclic) bond motifs is 2. The van der Waals surface area contributed by atoms with Gasteiger partial charge >= 0.3 is 0 Å². The summed E-state index contributed by atoms with van der Waals surface area (Å²) in [6, 6.07) is 10.7. The number of halogens is 1. The predicted octanol–water partition coefficient (Wildman–Crippen LogP) is 3.82. The van der Waals surface area contributed by atoms with E-state index >= 15 is 0 Å². The molecule has 0 unspecified atom stereocenters. The zero-order valence-corrected chi connectivity index (χ0v) is 18.8. The van der Waals surface area contributed by atoms with Gasteiger partial charge in [0.2, 0.25) is 0 Å². The van der Waals surface area contributed by atoms with Gasteiger partial charge in [0.25, 0.3) is 15.7 Å². The molecule has 0 spiro atoms. The summed E-state index contributed by atoms with van der Waals surface area (Å²) in [5.41, 5.74) is 5.65. The highest BCUT2D eigenvalue weighted by molar-refractivity contribution is 9.10. The molecule has 3 N–H and O–H groups in total. The van der Waals surface area contributed by atoms with Gasteiger partial charge in [-0.3, -0.25) is 24.4 Å². The Morgan fingerprint density at radius 1 is 0.969 bits per heavy atom. The molecular weight excluding hydrogens is 502 g/mol. The summed E-state index contributed by atoms with van der Waals surface area (Å²) in [5, 5.41) is 11.1. The van der Waals surface area contributed by atoms with Gasteiger partial charge in [-0.1, -0.05) is 17.7 Å². The van der Waals surface area contributed by atoms with Gasteiger partial charge in [-0.15, -0.1) is 0 Å². The third-order valence-electron chi connectivity index (χ3n) is 5.05. The number of nitrogens with zero attached hydrogens (tertiary/aromatic N) is 1. The molecule has 0 bridgehead atoms. The quantitative estimate of drug-likeness (QED) is 0.238. The van der Waals surface area contributed by atoms with Gasteiger partial charge in [-0.05, 0) is 47.1 Å². The topological polar surface area (TPSA) is 149 Å². The molecule has 0 aliphatic heterocycles. The van der Waals surface area contributed by atoms with Crippen LogP contribution in [0.1, 0.15) is 37.4 Å². The summed E-state index contributed by atoms with van der Waals surface area (Å²) >= 11 is 3.19. The SMILES string of the molecule is Cc1ccc(S(=O)(=O)Nc2cc(Br)c(N)c3c2C(=O)c2ccc([N+](=O)[O-])cc2C3=O)cc1. The Hall–Kier alpha value is -3.57. The van der Waals surface area contributed by atoms with Gasteiger partial charge in [0.15, 0.2) is 11.6 Å². The Balaban J connectivity index is 1.90. The first-order chi connectivity index (χ1) is 15.0. The zero-order chi connectivity index (χ0) is 23.4. The van der Waals surface area contributed by atoms with E-state index in [1.807, 2.05) is 6.92 Å². The smallest absolute Gasteiger partial charge is 0.270 e. The minimum absolute atomic E-state index is 0.0320. The first-order valence-corrected chi connectivity index (χ1v) is 11.4. The molecule has 32 heavy (non-hydrogen) atoms. The number of carbonyl (C=O) groups excluding carboxylic acids is 2. The zero-order valence-electron chi connectivity index (χ0n) is 16.4. The third kappa shape index (κ3) is 3.45. The Morgan fingerprint density at radius 2 is 1.59 bits per heavy atom. The molecule has 3 aromatic rings. The van der Waals surface area contributed by atoms with E-state index in [4.69, 9.17) is 5.73 Å². The molecule has 0 atom stereocenters. The monoisotopic (exact) mass is 515 g/mol. The van der Waals surface area contributed by atoms with Crippen molar-refractivity contribution in [1.82, 2.24) is 0 Å². The van der Waals surface area contributed by atoms with Crippen molar-refractivity contribution in [3.8, 4) is 0 Å². The molecule has 1 aliphatic rings. The third-order valence-corrected chi connectivity index (χ3v) is 7.09. The number of aryl methyl sites for hydroxylation is 1. The number of rotatable bonds is 4. The average Bonchev–Trinajstić information content (AvgIpc) is 2.74. The minimum Gasteiger partial charge on any atom is -0.397 e. The average molecular weight is 516 g/mol. The Bertz CT molecular complexity index is 1450. The van der Waals surface area contributed by atoms with E-state index in [2.05, 4.69) is 20.7 Å². The Labute approximate surface area is 190 Å². The number of nitrogen functional groups attached to an aromatic ring is 1. The second-order valence-electron chi connectivity index (χ2n) is 7.13. The predicted molar refractivity (Wildman–Crippen MR) is 121 cm³/mol. The van der Waals surface area contributed by atoms with Crippen LogP contribution in [-0.2, 0) is 10.0 Å². The molecule has 0 radical (unpaired) electrons. The highest BCUT2D eigenvalue weighted by Gasteiger charge is 2.36. The summed E-state index contributed by atoms with van der Waals surface area (Å²) in [6.45, 7) is 1.81. The van der Waals surface area contributed by atoms with Crippen LogP contribution in [0.25, 0.3) is 0 Å². The molecule has 4 rings (SSSR count). The lowest BCUT2D eigenvalue weighted by Gasteiger charge is -2.23. The number of ketones is 2. The Kier molecular flexibility index (Phi) is 5.10. The summed E-state index contributed by atoms with van der Waals surface area (Å²) in [6.07, 6.45) is 0. The van der Waals surface area contributed by atoms with Gasteiger partial charge in [0, 0.05) is 27.7 Å². The molecule has 0 heterocycles. The molecule has 0 saturated carbocycles. The van der Waals surface area contributed by atoms with Crippen molar-refractivity contribution in [2.45, 2.75) is 11.8 Å². The molecule has 1 aliphatic carbocycles. The van der Waals surface area contributed by atoms with Gasteiger partial charge in [-0.25, -0.2) is 8.42 Å². The fourth-order valence-electron chi connectivity index (χ4n) is 3.44. The van der Waals surface area contributed by atoms with Crippen LogP contribution >= 0.6 is 15.9 Å². The van der Waals surface area contributed by atoms with Crippen molar-refractivity contribution < 1.29 is 22.9 Å². The molecule has 0 fully saturated rings. The maximum atomic E-state index is 13.3. The summed E-state index contributed by atoms with van der Waals surface area (Å²) in [4.78, 5) is 36.8. The number of carbonyl (C=O) groups is 2. The molecule has 0 amide bonds. The molecule has 0 saturated heterocycles. The Morgan fingerprint density at radius 3 is 2.22 bits per heavy atom. The van der Waals surface area contributed by atoms with Crippen LogP contribution in [0.2, 0.25) is 0 Å². The lowest BCUT2D eigenvalue weighted by atomic mass is 9.82.